The van der Waals surface area contributed by atoms with Crippen LogP contribution in [-0.4, -0.2) is 0 Å². The summed E-state index contributed by atoms with van der Waals surface area (Å²) in [6.45, 7) is 4.40. The highest BCUT2D eigenvalue weighted by atomic mass is 16.3. The highest BCUT2D eigenvalue weighted by Crippen LogP contribution is 2.21. The second-order valence-corrected chi connectivity index (χ2v) is 5.16. The van der Waals surface area contributed by atoms with E-state index in [1.54, 1.807) is 6.26 Å². The van der Waals surface area contributed by atoms with Crippen LogP contribution in [0.5, 0.6) is 0 Å². The predicted octanol–water partition coefficient (Wildman–Crippen LogP) is 3.54. The summed E-state index contributed by atoms with van der Waals surface area (Å²) in [4.78, 5) is 0. The lowest BCUT2D eigenvalue weighted by atomic mass is 9.97. The number of nitrogens with two attached hydrogens (primary N) is 1. The van der Waals surface area contributed by atoms with Crippen LogP contribution in [-0.2, 0) is 6.42 Å². The molecule has 0 bridgehead atoms. The second-order valence-electron chi connectivity index (χ2n) is 5.16. The van der Waals surface area contributed by atoms with Gasteiger partial charge in [0.1, 0.15) is 5.76 Å². The van der Waals surface area contributed by atoms with Gasteiger partial charge in [-0.05, 0) is 35.6 Å². The van der Waals surface area contributed by atoms with Gasteiger partial charge in [0.15, 0.2) is 0 Å². The molecule has 0 radical (unpaired) electrons. The number of rotatable bonds is 6. The van der Waals surface area contributed by atoms with Crippen LogP contribution < -0.4 is 11.3 Å². The van der Waals surface area contributed by atoms with Crippen LogP contribution in [0.25, 0.3) is 0 Å². The Kier molecular flexibility index (Phi) is 4.77. The van der Waals surface area contributed by atoms with Crippen molar-refractivity contribution in [2.24, 2.45) is 5.84 Å². The first-order valence-electron chi connectivity index (χ1n) is 6.79. The van der Waals surface area contributed by atoms with Crippen molar-refractivity contribution in [2.75, 3.05) is 0 Å². The summed E-state index contributed by atoms with van der Waals surface area (Å²) in [7, 11) is 0. The van der Waals surface area contributed by atoms with Gasteiger partial charge in [-0.15, -0.1) is 0 Å². The highest BCUT2D eigenvalue weighted by molar-refractivity contribution is 5.26. The Morgan fingerprint density at radius 3 is 2.32 bits per heavy atom. The number of aryl methyl sites for hydroxylation is 1. The molecular weight excluding hydrogens is 236 g/mol. The first-order valence-corrected chi connectivity index (χ1v) is 6.79. The number of hydrazine groups is 1. The third-order valence-corrected chi connectivity index (χ3v) is 3.47. The Morgan fingerprint density at radius 2 is 1.79 bits per heavy atom. The highest BCUT2D eigenvalue weighted by Gasteiger charge is 2.11. The summed E-state index contributed by atoms with van der Waals surface area (Å²) >= 11 is 0. The van der Waals surface area contributed by atoms with Crippen molar-refractivity contribution < 1.29 is 4.42 Å². The minimum absolute atomic E-state index is 0.159. The molecule has 3 N–H and O–H groups in total. The SMILES string of the molecule is CC(C)c1ccc(C(CCc2ccco2)NN)cc1. The molecule has 1 unspecified atom stereocenters. The van der Waals surface area contributed by atoms with E-state index in [0.29, 0.717) is 5.92 Å². The van der Waals surface area contributed by atoms with Crippen molar-refractivity contribution in [1.29, 1.82) is 0 Å². The maximum Gasteiger partial charge on any atom is 0.103 e. The van der Waals surface area contributed by atoms with Gasteiger partial charge in [-0.25, -0.2) is 0 Å². The first-order chi connectivity index (χ1) is 9.20. The predicted molar refractivity (Wildman–Crippen MR) is 77.6 cm³/mol. The maximum absolute atomic E-state index is 5.66. The van der Waals surface area contributed by atoms with Gasteiger partial charge in [0.05, 0.1) is 6.26 Å². The van der Waals surface area contributed by atoms with Gasteiger partial charge in [-0.1, -0.05) is 38.1 Å². The zero-order valence-corrected chi connectivity index (χ0v) is 11.6. The van der Waals surface area contributed by atoms with E-state index >= 15 is 0 Å². The molecule has 1 atom stereocenters. The average Bonchev–Trinajstić information content (AvgIpc) is 2.93. The average molecular weight is 258 g/mol. The van der Waals surface area contributed by atoms with E-state index in [2.05, 4.69) is 43.5 Å². The van der Waals surface area contributed by atoms with Crippen LogP contribution in [0.3, 0.4) is 0 Å². The molecule has 102 valence electrons. The number of furan rings is 1. The number of benzene rings is 1. The molecule has 0 amide bonds. The topological polar surface area (TPSA) is 51.2 Å². The molecule has 2 aromatic rings. The molecule has 3 heteroatoms. The molecule has 1 aromatic carbocycles. The van der Waals surface area contributed by atoms with E-state index in [1.807, 2.05) is 12.1 Å². The Morgan fingerprint density at radius 1 is 1.11 bits per heavy atom. The molecule has 0 saturated heterocycles. The molecule has 1 heterocycles. The Bertz CT molecular complexity index is 474. The van der Waals surface area contributed by atoms with Crippen molar-refractivity contribution in [2.45, 2.75) is 38.6 Å². The van der Waals surface area contributed by atoms with Gasteiger partial charge < -0.3 is 4.42 Å². The molecule has 0 aliphatic heterocycles. The summed E-state index contributed by atoms with van der Waals surface area (Å²) in [6.07, 6.45) is 3.51. The zero-order chi connectivity index (χ0) is 13.7. The Labute approximate surface area is 114 Å². The minimum atomic E-state index is 0.159. The number of nitrogens with one attached hydrogen (secondary N) is 1. The van der Waals surface area contributed by atoms with Crippen molar-refractivity contribution in [3.63, 3.8) is 0 Å². The molecular formula is C16H22N2O. The van der Waals surface area contributed by atoms with Crippen molar-refractivity contribution in [3.8, 4) is 0 Å². The fourth-order valence-corrected chi connectivity index (χ4v) is 2.20. The lowest BCUT2D eigenvalue weighted by molar-refractivity contribution is 0.458. The maximum atomic E-state index is 5.66. The second kappa shape index (κ2) is 6.55. The minimum Gasteiger partial charge on any atom is -0.469 e. The molecule has 19 heavy (non-hydrogen) atoms. The summed E-state index contributed by atoms with van der Waals surface area (Å²) < 4.78 is 5.35. The standard InChI is InChI=1S/C16H22N2O/c1-12(2)13-5-7-14(8-6-13)16(18-17)10-9-15-4-3-11-19-15/h3-8,11-12,16,18H,9-10,17H2,1-2H3. The van der Waals surface area contributed by atoms with Crippen LogP contribution in [0.15, 0.2) is 47.1 Å². The number of hydrogen-bond acceptors (Lipinski definition) is 3. The van der Waals surface area contributed by atoms with Gasteiger partial charge in [-0.2, -0.15) is 0 Å². The van der Waals surface area contributed by atoms with Crippen molar-refractivity contribution in [3.05, 3.63) is 59.5 Å². The molecule has 0 saturated carbocycles. The fraction of sp³-hybridized carbons (Fsp3) is 0.375. The van der Waals surface area contributed by atoms with Gasteiger partial charge in [0.25, 0.3) is 0 Å². The summed E-state index contributed by atoms with van der Waals surface area (Å²) in [5, 5.41) is 0. The first kappa shape index (κ1) is 13.8. The van der Waals surface area contributed by atoms with E-state index in [0.717, 1.165) is 18.6 Å². The largest absolute Gasteiger partial charge is 0.469 e. The van der Waals surface area contributed by atoms with Crippen molar-refractivity contribution >= 4 is 0 Å². The molecule has 1 aromatic heterocycles. The van der Waals surface area contributed by atoms with E-state index in [-0.39, 0.29) is 6.04 Å². The van der Waals surface area contributed by atoms with Gasteiger partial charge in [0.2, 0.25) is 0 Å². The molecule has 0 fully saturated rings. The van der Waals surface area contributed by atoms with Crippen LogP contribution in [0.4, 0.5) is 0 Å². The lowest BCUT2D eigenvalue weighted by Crippen LogP contribution is -2.28. The van der Waals surface area contributed by atoms with E-state index in [9.17, 15) is 0 Å². The fourth-order valence-electron chi connectivity index (χ4n) is 2.20. The monoisotopic (exact) mass is 258 g/mol. The Hall–Kier alpha value is -1.58. The van der Waals surface area contributed by atoms with E-state index in [1.165, 1.54) is 11.1 Å². The Balaban J connectivity index is 2.00. The smallest absolute Gasteiger partial charge is 0.103 e. The molecule has 2 rings (SSSR count). The van der Waals surface area contributed by atoms with Crippen LogP contribution in [0, 0.1) is 0 Å². The third kappa shape index (κ3) is 3.69. The van der Waals surface area contributed by atoms with Crippen LogP contribution >= 0.6 is 0 Å². The van der Waals surface area contributed by atoms with E-state index < -0.39 is 0 Å². The van der Waals surface area contributed by atoms with E-state index in [4.69, 9.17) is 10.3 Å². The lowest BCUT2D eigenvalue weighted by Gasteiger charge is -2.16. The van der Waals surface area contributed by atoms with Gasteiger partial charge >= 0.3 is 0 Å². The van der Waals surface area contributed by atoms with Crippen molar-refractivity contribution in [1.82, 2.24) is 5.43 Å². The van der Waals surface area contributed by atoms with Gasteiger partial charge in [0, 0.05) is 12.5 Å². The van der Waals surface area contributed by atoms with Crippen LogP contribution in [0.2, 0.25) is 0 Å². The molecule has 0 aliphatic rings. The normalized spacial score (nSPS) is 12.8. The summed E-state index contributed by atoms with van der Waals surface area (Å²) in [5.74, 6) is 7.22. The van der Waals surface area contributed by atoms with Gasteiger partial charge in [-0.3, -0.25) is 11.3 Å². The molecule has 3 nitrogen and oxygen atoms in total. The summed E-state index contributed by atoms with van der Waals surface area (Å²) in [5.41, 5.74) is 5.46. The quantitative estimate of drug-likeness (QED) is 0.615. The van der Waals surface area contributed by atoms with Crippen LogP contribution in [0.1, 0.15) is 49.1 Å². The molecule has 0 spiro atoms. The summed E-state index contributed by atoms with van der Waals surface area (Å²) in [6, 6.07) is 12.7. The zero-order valence-electron chi connectivity index (χ0n) is 11.6. The number of hydrogen-bond donors (Lipinski definition) is 2. The third-order valence-electron chi connectivity index (χ3n) is 3.47. The molecule has 0 aliphatic carbocycles.